The maximum Gasteiger partial charge on any atom is 0.360 e. The summed E-state index contributed by atoms with van der Waals surface area (Å²) in [5.41, 5.74) is 0. The fourth-order valence-electron chi connectivity index (χ4n) is 0.529. The van der Waals surface area contributed by atoms with Crippen LogP contribution in [-0.4, -0.2) is 16.9 Å². The predicted molar refractivity (Wildman–Crippen MR) is 37.4 cm³/mol. The van der Waals surface area contributed by atoms with Crippen molar-refractivity contribution in [3.05, 3.63) is 23.0 Å². The van der Waals surface area contributed by atoms with E-state index in [-0.39, 0.29) is 12.2 Å². The van der Waals surface area contributed by atoms with Gasteiger partial charge in [-0.25, -0.2) is 0 Å². The van der Waals surface area contributed by atoms with Crippen LogP contribution in [0.3, 0.4) is 0 Å². The van der Waals surface area contributed by atoms with Crippen molar-refractivity contribution in [3.63, 3.8) is 0 Å². The minimum absolute atomic E-state index is 0.223. The molecule has 1 atom stereocenters. The zero-order valence-corrected chi connectivity index (χ0v) is 6.15. The molecule has 0 aromatic rings. The summed E-state index contributed by atoms with van der Waals surface area (Å²) in [4.78, 5) is 19.9. The number of hydrogen-bond donors (Lipinski definition) is 0. The molecule has 0 rings (SSSR count). The van der Waals surface area contributed by atoms with Gasteiger partial charge in [0.2, 0.25) is 0 Å². The first kappa shape index (κ1) is 9.61. The van der Waals surface area contributed by atoms with Crippen LogP contribution >= 0.6 is 0 Å². The second-order valence-corrected chi connectivity index (χ2v) is 1.95. The number of hydrogen-bond acceptors (Lipinski definition) is 4. The van der Waals surface area contributed by atoms with E-state index in [1.165, 1.54) is 6.92 Å². The fourth-order valence-corrected chi connectivity index (χ4v) is 0.529. The molecular weight excluding hydrogens is 150 g/mol. The van der Waals surface area contributed by atoms with E-state index in [9.17, 15) is 14.9 Å². The normalized spacial score (nSPS) is 11.7. The van der Waals surface area contributed by atoms with Gasteiger partial charge in [-0.05, 0) is 6.92 Å². The Balaban J connectivity index is 3.99. The highest BCUT2D eigenvalue weighted by molar-refractivity contribution is 5.75. The van der Waals surface area contributed by atoms with E-state index in [4.69, 9.17) is 0 Å². The van der Waals surface area contributed by atoms with Crippen LogP contribution in [0.25, 0.3) is 0 Å². The molecule has 0 saturated carbocycles. The average Bonchev–Trinajstić information content (AvgIpc) is 1.86. The van der Waals surface area contributed by atoms with E-state index >= 15 is 0 Å². The minimum Gasteiger partial charge on any atom is -0.438 e. The summed E-state index contributed by atoms with van der Waals surface area (Å²) in [6, 6.07) is 0. The molecule has 5 heteroatoms. The van der Waals surface area contributed by atoms with Crippen LogP contribution < -0.4 is 0 Å². The van der Waals surface area contributed by atoms with Crippen LogP contribution in [0.1, 0.15) is 13.3 Å². The van der Waals surface area contributed by atoms with Crippen molar-refractivity contribution in [1.82, 2.24) is 0 Å². The molecule has 0 aromatic heterocycles. The Kier molecular flexibility index (Phi) is 3.87. The zero-order valence-electron chi connectivity index (χ0n) is 6.15. The summed E-state index contributed by atoms with van der Waals surface area (Å²) in [5, 5.41) is 10.1. The van der Waals surface area contributed by atoms with Crippen LogP contribution in [0.2, 0.25) is 0 Å². The van der Waals surface area contributed by atoms with E-state index in [0.29, 0.717) is 0 Å². The molecule has 0 spiro atoms. The summed E-state index contributed by atoms with van der Waals surface area (Å²) in [7, 11) is 0. The molecule has 0 aliphatic heterocycles. The van der Waals surface area contributed by atoms with Gasteiger partial charge in [-0.3, -0.25) is 14.9 Å². The lowest BCUT2D eigenvalue weighted by molar-refractivity contribution is -0.568. The quantitative estimate of drug-likeness (QED) is 0.256. The highest BCUT2D eigenvalue weighted by Crippen LogP contribution is 2.00. The van der Waals surface area contributed by atoms with Crippen molar-refractivity contribution in [3.8, 4) is 0 Å². The van der Waals surface area contributed by atoms with E-state index in [1.54, 1.807) is 0 Å². The number of rotatable bonds is 5. The maximum atomic E-state index is 10.4. The van der Waals surface area contributed by atoms with E-state index < -0.39 is 11.2 Å². The monoisotopic (exact) mass is 159 g/mol. The predicted octanol–water partition coefficient (Wildman–Crippen LogP) is 0.728. The van der Waals surface area contributed by atoms with Gasteiger partial charge in [-0.15, -0.1) is 0 Å². The Labute approximate surface area is 63.8 Å². The van der Waals surface area contributed by atoms with Gasteiger partial charge in [0.05, 0.1) is 11.2 Å². The van der Waals surface area contributed by atoms with Crippen LogP contribution in [0, 0.1) is 10.1 Å². The summed E-state index contributed by atoms with van der Waals surface area (Å²) in [5.74, 6) is -0.284. The van der Waals surface area contributed by atoms with Crippen molar-refractivity contribution in [2.75, 3.05) is 0 Å². The zero-order chi connectivity index (χ0) is 8.85. The van der Waals surface area contributed by atoms with Gasteiger partial charge in [0.1, 0.15) is 12.2 Å². The Bertz CT molecular complexity index is 177. The van der Waals surface area contributed by atoms with Gasteiger partial charge >= 0.3 is 6.23 Å². The second kappa shape index (κ2) is 4.43. The summed E-state index contributed by atoms with van der Waals surface area (Å²) < 4.78 is 4.46. The Morgan fingerprint density at radius 1 is 1.91 bits per heavy atom. The number of nitro groups is 1. The largest absolute Gasteiger partial charge is 0.438 e. The number of nitrogens with zero attached hydrogens (tertiary/aromatic N) is 1. The topological polar surface area (TPSA) is 69.4 Å². The number of carbonyl (C=O) groups excluding carboxylic acids is 1. The Morgan fingerprint density at radius 2 is 2.45 bits per heavy atom. The summed E-state index contributed by atoms with van der Waals surface area (Å²) in [6.07, 6.45) is -0.555. The van der Waals surface area contributed by atoms with Crippen molar-refractivity contribution in [2.24, 2.45) is 0 Å². The SMILES string of the molecule is C=COC(CC(C)=O)[N+](=O)[O-]. The molecule has 11 heavy (non-hydrogen) atoms. The minimum atomic E-state index is -1.29. The van der Waals surface area contributed by atoms with Gasteiger partial charge in [0, 0.05) is 0 Å². The van der Waals surface area contributed by atoms with Gasteiger partial charge in [-0.2, -0.15) is 0 Å². The number of Topliss-reactive ketones (excluding diaryl/α,β-unsaturated/α-hetero) is 1. The molecule has 0 radical (unpaired) electrons. The highest BCUT2D eigenvalue weighted by Gasteiger charge is 2.21. The van der Waals surface area contributed by atoms with E-state index in [2.05, 4.69) is 11.3 Å². The molecule has 0 aliphatic rings. The maximum absolute atomic E-state index is 10.4. The lowest BCUT2D eigenvalue weighted by atomic mass is 10.3. The molecule has 0 saturated heterocycles. The third kappa shape index (κ3) is 4.07. The summed E-state index contributed by atoms with van der Waals surface area (Å²) in [6.45, 7) is 4.42. The summed E-state index contributed by atoms with van der Waals surface area (Å²) >= 11 is 0. The second-order valence-electron chi connectivity index (χ2n) is 1.95. The third-order valence-electron chi connectivity index (χ3n) is 0.951. The van der Waals surface area contributed by atoms with Crippen molar-refractivity contribution >= 4 is 5.78 Å². The van der Waals surface area contributed by atoms with Crippen LogP contribution in [0.4, 0.5) is 0 Å². The molecule has 62 valence electrons. The molecule has 0 N–H and O–H groups in total. The van der Waals surface area contributed by atoms with Crippen LogP contribution in [-0.2, 0) is 9.53 Å². The molecule has 5 nitrogen and oxygen atoms in total. The van der Waals surface area contributed by atoms with Crippen LogP contribution in [0.5, 0.6) is 0 Å². The lowest BCUT2D eigenvalue weighted by Gasteiger charge is -2.05. The lowest BCUT2D eigenvalue weighted by Crippen LogP contribution is -2.23. The molecule has 0 aromatic carbocycles. The van der Waals surface area contributed by atoms with Crippen molar-refractivity contribution < 1.29 is 14.5 Å². The van der Waals surface area contributed by atoms with Gasteiger partial charge in [0.25, 0.3) is 0 Å². The standard InChI is InChI=1S/C6H9NO4/c1-3-11-6(7(9)10)4-5(2)8/h3,6H,1,4H2,2H3. The molecule has 0 fully saturated rings. The van der Waals surface area contributed by atoms with Gasteiger partial charge in [-0.1, -0.05) is 6.58 Å². The van der Waals surface area contributed by atoms with Gasteiger partial charge in [0.15, 0.2) is 0 Å². The molecule has 1 unspecified atom stereocenters. The Morgan fingerprint density at radius 3 is 2.73 bits per heavy atom. The third-order valence-corrected chi connectivity index (χ3v) is 0.951. The van der Waals surface area contributed by atoms with Gasteiger partial charge < -0.3 is 4.74 Å². The van der Waals surface area contributed by atoms with Crippen molar-refractivity contribution in [1.29, 1.82) is 0 Å². The van der Waals surface area contributed by atoms with Crippen molar-refractivity contribution in [2.45, 2.75) is 19.6 Å². The number of ether oxygens (including phenoxy) is 1. The fraction of sp³-hybridized carbons (Fsp3) is 0.500. The highest BCUT2D eigenvalue weighted by atomic mass is 16.7. The molecular formula is C6H9NO4. The smallest absolute Gasteiger partial charge is 0.360 e. The first-order chi connectivity index (χ1) is 5.07. The molecule has 0 bridgehead atoms. The van der Waals surface area contributed by atoms with Crippen LogP contribution in [0.15, 0.2) is 12.8 Å². The molecule has 0 amide bonds. The first-order valence-corrected chi connectivity index (χ1v) is 2.97. The number of carbonyl (C=O) groups is 1. The number of ketones is 1. The Hall–Kier alpha value is -1.39. The molecule has 0 heterocycles. The molecule has 0 aliphatic carbocycles. The van der Waals surface area contributed by atoms with E-state index in [0.717, 1.165) is 6.26 Å². The first-order valence-electron chi connectivity index (χ1n) is 2.97. The average molecular weight is 159 g/mol. The van der Waals surface area contributed by atoms with E-state index in [1.807, 2.05) is 0 Å².